The molecule has 0 atom stereocenters. The Morgan fingerprint density at radius 1 is 1.24 bits per heavy atom. The Bertz CT molecular complexity index is 1070. The molecule has 9 heteroatoms. The molecule has 2 aromatic rings. The van der Waals surface area contributed by atoms with Crippen molar-refractivity contribution in [3.05, 3.63) is 45.8 Å². The van der Waals surface area contributed by atoms with E-state index in [-0.39, 0.29) is 29.7 Å². The van der Waals surface area contributed by atoms with E-state index in [0.29, 0.717) is 21.9 Å². The Balaban J connectivity index is 2.26. The number of allylic oxidation sites excluding steroid dienone is 1. The number of benzene rings is 1. The van der Waals surface area contributed by atoms with Gasteiger partial charge in [0.15, 0.2) is 6.61 Å². The minimum atomic E-state index is -0.603. The van der Waals surface area contributed by atoms with E-state index in [9.17, 15) is 14.4 Å². The summed E-state index contributed by atoms with van der Waals surface area (Å²) in [5, 5.41) is 2.93. The number of ether oxygens (including phenoxy) is 2. The number of thiophene rings is 1. The molecule has 2 rings (SSSR count). The number of para-hydroxylation sites is 1. The molecule has 0 spiro atoms. The molecule has 0 saturated heterocycles. The van der Waals surface area contributed by atoms with E-state index < -0.39 is 11.9 Å². The minimum Gasteiger partial charge on any atom is -0.481 e. The summed E-state index contributed by atoms with van der Waals surface area (Å²) in [6.45, 7) is 8.81. The Kier molecular flexibility index (Phi) is 9.35. The van der Waals surface area contributed by atoms with Gasteiger partial charge in [-0.2, -0.15) is 0 Å². The maximum Gasteiger partial charge on any atom is 0.341 e. The largest absolute Gasteiger partial charge is 0.481 e. The van der Waals surface area contributed by atoms with Gasteiger partial charge in [0.05, 0.1) is 17.0 Å². The minimum absolute atomic E-state index is 0.167. The van der Waals surface area contributed by atoms with Crippen molar-refractivity contribution in [3.8, 4) is 5.75 Å². The van der Waals surface area contributed by atoms with Gasteiger partial charge in [0.1, 0.15) is 16.4 Å². The van der Waals surface area contributed by atoms with Gasteiger partial charge in [0.25, 0.3) is 11.8 Å². The lowest BCUT2D eigenvalue weighted by molar-refractivity contribution is -0.118. The molecule has 1 N–H and O–H groups in total. The molecule has 33 heavy (non-hydrogen) atoms. The molecule has 0 bridgehead atoms. The van der Waals surface area contributed by atoms with Crippen molar-refractivity contribution >= 4 is 52.6 Å². The number of carbonyl (C=O) groups is 3. The fourth-order valence-electron chi connectivity index (χ4n) is 2.97. The number of hydrogen-bond donors (Lipinski definition) is 1. The highest BCUT2D eigenvalue weighted by Gasteiger charge is 2.27. The van der Waals surface area contributed by atoms with Crippen LogP contribution >= 0.6 is 11.3 Å². The highest BCUT2D eigenvalue weighted by Crippen LogP contribution is 2.35. The van der Waals surface area contributed by atoms with Gasteiger partial charge in [0, 0.05) is 19.7 Å². The Hall–Kier alpha value is -3.46. The number of aliphatic imine (C=N–C) groups is 1. The molecule has 0 aliphatic heterocycles. The predicted octanol–water partition coefficient (Wildman–Crippen LogP) is 4.71. The standard InChI is InChI=1S/C24H29N3O5S/c1-7-9-11-16-12-10-13-17(20(16)25-4)32-14-18(28)26-22-19(24(30)31-8-2)15(3)21(33-22)23(29)27(5)6/h9-13H,4,7-8,14H2,1-3,5-6H3,(H,26,28)/b11-9-. The maximum atomic E-state index is 12.7. The van der Waals surface area contributed by atoms with Gasteiger partial charge in [-0.25, -0.2) is 4.79 Å². The Morgan fingerprint density at radius 2 is 1.97 bits per heavy atom. The zero-order valence-corrected chi connectivity index (χ0v) is 20.4. The molecule has 176 valence electrons. The first kappa shape index (κ1) is 25.8. The smallest absolute Gasteiger partial charge is 0.341 e. The first-order valence-electron chi connectivity index (χ1n) is 10.5. The van der Waals surface area contributed by atoms with Crippen LogP contribution in [0.2, 0.25) is 0 Å². The van der Waals surface area contributed by atoms with Crippen LogP contribution in [0.15, 0.2) is 29.3 Å². The van der Waals surface area contributed by atoms with Crippen molar-refractivity contribution < 1.29 is 23.9 Å². The Morgan fingerprint density at radius 3 is 2.58 bits per heavy atom. The first-order valence-corrected chi connectivity index (χ1v) is 11.3. The van der Waals surface area contributed by atoms with Crippen molar-refractivity contribution in [1.29, 1.82) is 0 Å². The summed E-state index contributed by atoms with van der Waals surface area (Å²) in [6.07, 6.45) is 4.77. The van der Waals surface area contributed by atoms with Gasteiger partial charge in [0.2, 0.25) is 0 Å². The van der Waals surface area contributed by atoms with Gasteiger partial charge >= 0.3 is 5.97 Å². The molecule has 0 fully saturated rings. The quantitative estimate of drug-likeness (QED) is 0.400. The molecule has 0 aliphatic rings. The van der Waals surface area contributed by atoms with Crippen LogP contribution < -0.4 is 10.1 Å². The lowest BCUT2D eigenvalue weighted by Gasteiger charge is -2.11. The lowest BCUT2D eigenvalue weighted by atomic mass is 10.1. The fraction of sp³-hybridized carbons (Fsp3) is 0.333. The molecule has 2 amide bonds. The number of rotatable bonds is 10. The van der Waals surface area contributed by atoms with Crippen molar-refractivity contribution in [1.82, 2.24) is 4.90 Å². The number of carbonyl (C=O) groups excluding carboxylic acids is 3. The summed E-state index contributed by atoms with van der Waals surface area (Å²) >= 11 is 1.03. The zero-order valence-electron chi connectivity index (χ0n) is 19.6. The third kappa shape index (κ3) is 6.29. The van der Waals surface area contributed by atoms with Gasteiger partial charge in [-0.1, -0.05) is 31.2 Å². The summed E-state index contributed by atoms with van der Waals surface area (Å²) in [7, 11) is 3.24. The van der Waals surface area contributed by atoms with Crippen LogP contribution in [0.25, 0.3) is 6.08 Å². The number of nitrogens with one attached hydrogen (secondary N) is 1. The normalized spacial score (nSPS) is 10.7. The monoisotopic (exact) mass is 471 g/mol. The highest BCUT2D eigenvalue weighted by atomic mass is 32.1. The number of nitrogens with zero attached hydrogens (tertiary/aromatic N) is 2. The number of amides is 2. The molecule has 0 saturated carbocycles. The zero-order chi connectivity index (χ0) is 24.5. The average Bonchev–Trinajstić information content (AvgIpc) is 3.10. The van der Waals surface area contributed by atoms with E-state index in [1.165, 1.54) is 4.90 Å². The van der Waals surface area contributed by atoms with Crippen molar-refractivity contribution in [2.24, 2.45) is 4.99 Å². The molecule has 0 aliphatic carbocycles. The van der Waals surface area contributed by atoms with Crippen LogP contribution in [-0.4, -0.2) is 56.7 Å². The predicted molar refractivity (Wildman–Crippen MR) is 132 cm³/mol. The SMILES string of the molecule is C=Nc1c(/C=C\CC)cccc1OCC(=O)Nc1sc(C(=O)N(C)C)c(C)c1C(=O)OCC. The van der Waals surface area contributed by atoms with Crippen LogP contribution in [0.3, 0.4) is 0 Å². The van der Waals surface area contributed by atoms with E-state index in [0.717, 1.165) is 23.3 Å². The summed E-state index contributed by atoms with van der Waals surface area (Å²) in [5.74, 6) is -0.947. The average molecular weight is 472 g/mol. The molecule has 1 heterocycles. The van der Waals surface area contributed by atoms with Crippen molar-refractivity contribution in [2.45, 2.75) is 27.2 Å². The molecule has 8 nitrogen and oxygen atoms in total. The van der Waals surface area contributed by atoms with Gasteiger partial charge in [-0.15, -0.1) is 11.3 Å². The summed E-state index contributed by atoms with van der Waals surface area (Å²) in [6, 6.07) is 5.39. The van der Waals surface area contributed by atoms with Crippen molar-refractivity contribution in [3.63, 3.8) is 0 Å². The number of anilines is 1. The molecule has 0 unspecified atom stereocenters. The van der Waals surface area contributed by atoms with E-state index in [2.05, 4.69) is 17.0 Å². The molecule has 1 aromatic heterocycles. The third-order valence-electron chi connectivity index (χ3n) is 4.56. The molecular weight excluding hydrogens is 442 g/mol. The second kappa shape index (κ2) is 12.0. The van der Waals surface area contributed by atoms with Gasteiger partial charge in [-0.05, 0) is 38.6 Å². The van der Waals surface area contributed by atoms with Crippen LogP contribution in [0.5, 0.6) is 5.75 Å². The first-order chi connectivity index (χ1) is 15.7. The highest BCUT2D eigenvalue weighted by molar-refractivity contribution is 7.18. The maximum absolute atomic E-state index is 12.7. The second-order valence-electron chi connectivity index (χ2n) is 7.18. The van der Waals surface area contributed by atoms with E-state index >= 15 is 0 Å². The van der Waals surface area contributed by atoms with Crippen LogP contribution in [0.1, 0.15) is 51.4 Å². The topological polar surface area (TPSA) is 97.3 Å². The van der Waals surface area contributed by atoms with E-state index in [4.69, 9.17) is 9.47 Å². The summed E-state index contributed by atoms with van der Waals surface area (Å²) in [4.78, 5) is 43.5. The molecule has 0 radical (unpaired) electrons. The second-order valence-corrected chi connectivity index (χ2v) is 8.20. The van der Waals surface area contributed by atoms with E-state index in [1.807, 2.05) is 25.1 Å². The fourth-order valence-corrected chi connectivity index (χ4v) is 4.20. The number of esters is 1. The number of hydrogen-bond acceptors (Lipinski definition) is 7. The molecule has 1 aromatic carbocycles. The molecular formula is C24H29N3O5S. The summed E-state index contributed by atoms with van der Waals surface area (Å²) < 4.78 is 10.8. The Labute approximate surface area is 197 Å². The van der Waals surface area contributed by atoms with Crippen LogP contribution in [-0.2, 0) is 9.53 Å². The van der Waals surface area contributed by atoms with Gasteiger partial charge in [-0.3, -0.25) is 14.6 Å². The lowest BCUT2D eigenvalue weighted by Crippen LogP contribution is -2.21. The summed E-state index contributed by atoms with van der Waals surface area (Å²) in [5.41, 5.74) is 1.99. The van der Waals surface area contributed by atoms with Crippen molar-refractivity contribution in [2.75, 3.05) is 32.6 Å². The third-order valence-corrected chi connectivity index (χ3v) is 5.76. The van der Waals surface area contributed by atoms with Crippen LogP contribution in [0.4, 0.5) is 10.7 Å². The van der Waals surface area contributed by atoms with E-state index in [1.54, 1.807) is 40.1 Å². The van der Waals surface area contributed by atoms with Crippen LogP contribution in [0, 0.1) is 6.92 Å². The van der Waals surface area contributed by atoms with Gasteiger partial charge < -0.3 is 19.7 Å².